The summed E-state index contributed by atoms with van der Waals surface area (Å²) in [4.78, 5) is 7.67. The first kappa shape index (κ1) is 33.8. The zero-order chi connectivity index (χ0) is 37.5. The van der Waals surface area contributed by atoms with Crippen LogP contribution in [0.1, 0.15) is 74.6 Å². The highest BCUT2D eigenvalue weighted by Crippen LogP contribution is 2.52. The molecule has 7 aromatic rings. The van der Waals surface area contributed by atoms with Crippen LogP contribution in [0.3, 0.4) is 0 Å². The van der Waals surface area contributed by atoms with E-state index >= 15 is 0 Å². The molecule has 0 bridgehead atoms. The average Bonchev–Trinajstić information content (AvgIpc) is 3.48. The highest BCUT2D eigenvalue weighted by atomic mass is 15.1. The van der Waals surface area contributed by atoms with E-state index in [-0.39, 0.29) is 5.41 Å². The molecule has 0 atom stereocenters. The molecule has 56 heavy (non-hydrogen) atoms. The number of rotatable bonds is 4. The fourth-order valence-electron chi connectivity index (χ4n) is 10.9. The van der Waals surface area contributed by atoms with Crippen molar-refractivity contribution in [3.8, 4) is 33.4 Å². The smallest absolute Gasteiger partial charge is 0.0450 e. The van der Waals surface area contributed by atoms with Crippen molar-refractivity contribution in [2.75, 3.05) is 47.9 Å². The van der Waals surface area contributed by atoms with E-state index in [0.29, 0.717) is 0 Å². The van der Waals surface area contributed by atoms with E-state index in [2.05, 4.69) is 157 Å². The van der Waals surface area contributed by atoms with Crippen LogP contribution >= 0.6 is 0 Å². The van der Waals surface area contributed by atoms with Gasteiger partial charge in [0.15, 0.2) is 0 Å². The third kappa shape index (κ3) is 5.23. The van der Waals surface area contributed by atoms with Crippen molar-refractivity contribution in [3.05, 3.63) is 144 Å². The number of anilines is 4. The lowest BCUT2D eigenvalue weighted by Crippen LogP contribution is -2.29. The lowest BCUT2D eigenvalue weighted by atomic mass is 9.80. The van der Waals surface area contributed by atoms with Crippen LogP contribution in [-0.2, 0) is 11.8 Å². The van der Waals surface area contributed by atoms with E-state index < -0.39 is 0 Å². The topological polar surface area (TPSA) is 9.72 Å². The van der Waals surface area contributed by atoms with E-state index in [1.54, 1.807) is 0 Å². The van der Waals surface area contributed by atoms with E-state index in [1.807, 2.05) is 0 Å². The van der Waals surface area contributed by atoms with Gasteiger partial charge in [-0.25, -0.2) is 0 Å². The molecule has 11 rings (SSSR count). The molecular weight excluding hydrogens is 679 g/mol. The number of piperidine rings is 2. The Hall–Kier alpha value is -5.54. The number of fused-ring (bicyclic) bond motifs is 7. The standard InChI is InChI=1S/C53H51N3/c1-53(2)47-16-8-7-15-41(47)42-23-20-37(31-48(42)53)51-43-24-21-40(56-28-12-5-13-29-56)34-46(43)52(44-25-22-39(33-45(44)51)55-26-10-4-11-27-55)38-19-18-36-30-35-14-6-9-17-49(35)54(3)50(36)32-38/h6-9,14-25,31-34H,4-5,10-13,26-30H2,1-3H3. The SMILES string of the molecule is CN1c2ccccc2Cc2ccc(-c3c4ccc(N5CCCCC5)cc4c(-c4ccc5c(c4)C(C)(C)c4ccccc4-5)c4ccc(N5CCCCC5)cc34)cc21. The van der Waals surface area contributed by atoms with Gasteiger partial charge < -0.3 is 14.7 Å². The van der Waals surface area contributed by atoms with Gasteiger partial charge in [-0.05, 0) is 158 Å². The highest BCUT2D eigenvalue weighted by molar-refractivity contribution is 6.22. The van der Waals surface area contributed by atoms with Crippen LogP contribution in [-0.4, -0.2) is 33.2 Å². The zero-order valence-electron chi connectivity index (χ0n) is 33.2. The average molecular weight is 730 g/mol. The van der Waals surface area contributed by atoms with Gasteiger partial charge in [0.05, 0.1) is 0 Å². The van der Waals surface area contributed by atoms with E-state index in [9.17, 15) is 0 Å². The molecule has 3 heteroatoms. The predicted octanol–water partition coefficient (Wildman–Crippen LogP) is 13.3. The van der Waals surface area contributed by atoms with Crippen LogP contribution in [0.15, 0.2) is 121 Å². The Kier molecular flexibility index (Phi) is 7.85. The molecule has 7 aromatic carbocycles. The third-order valence-electron chi connectivity index (χ3n) is 13.9. The van der Waals surface area contributed by atoms with Gasteiger partial charge in [0, 0.05) is 67.8 Å². The van der Waals surface area contributed by atoms with Crippen LogP contribution < -0.4 is 14.7 Å². The van der Waals surface area contributed by atoms with Crippen LogP contribution in [0, 0.1) is 0 Å². The lowest BCUT2D eigenvalue weighted by molar-refractivity contribution is 0.578. The summed E-state index contributed by atoms with van der Waals surface area (Å²) in [5.74, 6) is 0. The minimum atomic E-state index is -0.0678. The van der Waals surface area contributed by atoms with Crippen molar-refractivity contribution in [3.63, 3.8) is 0 Å². The molecule has 0 aromatic heterocycles. The summed E-state index contributed by atoms with van der Waals surface area (Å²) in [6.45, 7) is 9.33. The van der Waals surface area contributed by atoms with Gasteiger partial charge in [0.25, 0.3) is 0 Å². The lowest BCUT2D eigenvalue weighted by Gasteiger charge is -2.32. The van der Waals surface area contributed by atoms with Crippen LogP contribution in [0.25, 0.3) is 54.9 Å². The number of nitrogens with zero attached hydrogens (tertiary/aromatic N) is 3. The summed E-state index contributed by atoms with van der Waals surface area (Å²) >= 11 is 0. The molecule has 278 valence electrons. The third-order valence-corrected chi connectivity index (χ3v) is 13.9. The Morgan fingerprint density at radius 3 is 1.68 bits per heavy atom. The second-order valence-corrected chi connectivity index (χ2v) is 17.4. The fraction of sp³-hybridized carbons (Fsp3) is 0.283. The summed E-state index contributed by atoms with van der Waals surface area (Å²) in [7, 11) is 2.24. The highest BCUT2D eigenvalue weighted by Gasteiger charge is 2.35. The first-order valence-electron chi connectivity index (χ1n) is 21.2. The predicted molar refractivity (Wildman–Crippen MR) is 239 cm³/mol. The van der Waals surface area contributed by atoms with Crippen LogP contribution in [0.4, 0.5) is 22.7 Å². The van der Waals surface area contributed by atoms with Crippen molar-refractivity contribution in [1.29, 1.82) is 0 Å². The molecule has 2 saturated heterocycles. The normalized spacial score (nSPS) is 17.2. The van der Waals surface area contributed by atoms with Gasteiger partial charge in [0.1, 0.15) is 0 Å². The summed E-state index contributed by atoms with van der Waals surface area (Å²) in [5, 5.41) is 5.38. The Labute approximate surface area is 332 Å². The zero-order valence-corrected chi connectivity index (χ0v) is 33.2. The molecule has 0 spiro atoms. The molecule has 0 amide bonds. The second-order valence-electron chi connectivity index (χ2n) is 17.4. The Bertz CT molecular complexity index is 2690. The minimum absolute atomic E-state index is 0.0678. The number of para-hydroxylation sites is 1. The quantitative estimate of drug-likeness (QED) is 0.167. The van der Waals surface area contributed by atoms with Crippen LogP contribution in [0.2, 0.25) is 0 Å². The first-order chi connectivity index (χ1) is 27.4. The number of hydrogen-bond donors (Lipinski definition) is 0. The van der Waals surface area contributed by atoms with Crippen molar-refractivity contribution in [2.24, 2.45) is 0 Å². The van der Waals surface area contributed by atoms with Gasteiger partial charge in [-0.3, -0.25) is 0 Å². The summed E-state index contributed by atoms with van der Waals surface area (Å²) in [6.07, 6.45) is 8.67. The fourth-order valence-corrected chi connectivity index (χ4v) is 10.9. The molecule has 2 fully saturated rings. The Balaban J connectivity index is 1.19. The maximum Gasteiger partial charge on any atom is 0.0450 e. The van der Waals surface area contributed by atoms with E-state index in [4.69, 9.17) is 0 Å². The molecule has 1 aliphatic carbocycles. The maximum absolute atomic E-state index is 2.63. The van der Waals surface area contributed by atoms with Gasteiger partial charge in [-0.2, -0.15) is 0 Å². The van der Waals surface area contributed by atoms with Crippen molar-refractivity contribution >= 4 is 44.3 Å². The van der Waals surface area contributed by atoms with Gasteiger partial charge in [-0.1, -0.05) is 92.7 Å². The van der Waals surface area contributed by atoms with Crippen molar-refractivity contribution in [1.82, 2.24) is 0 Å². The summed E-state index contributed by atoms with van der Waals surface area (Å²) < 4.78 is 0. The first-order valence-corrected chi connectivity index (χ1v) is 21.2. The summed E-state index contributed by atoms with van der Waals surface area (Å²) in [5.41, 5.74) is 19.0. The van der Waals surface area contributed by atoms with Crippen molar-refractivity contribution in [2.45, 2.75) is 64.2 Å². The Morgan fingerprint density at radius 2 is 1.00 bits per heavy atom. The molecule has 3 aliphatic heterocycles. The largest absolute Gasteiger partial charge is 0.372 e. The summed E-state index contributed by atoms with van der Waals surface area (Å²) in [6, 6.07) is 47.5. The van der Waals surface area contributed by atoms with Gasteiger partial charge in [-0.15, -0.1) is 0 Å². The van der Waals surface area contributed by atoms with Crippen molar-refractivity contribution < 1.29 is 0 Å². The van der Waals surface area contributed by atoms with Gasteiger partial charge >= 0.3 is 0 Å². The Morgan fingerprint density at radius 1 is 0.446 bits per heavy atom. The number of hydrogen-bond acceptors (Lipinski definition) is 3. The van der Waals surface area contributed by atoms with E-state index in [1.165, 1.54) is 138 Å². The molecule has 0 radical (unpaired) electrons. The maximum atomic E-state index is 2.63. The molecule has 0 unspecified atom stereocenters. The molecule has 0 N–H and O–H groups in total. The second kappa shape index (κ2) is 13.0. The monoisotopic (exact) mass is 729 g/mol. The minimum Gasteiger partial charge on any atom is -0.372 e. The number of benzene rings is 7. The van der Waals surface area contributed by atoms with Crippen LogP contribution in [0.5, 0.6) is 0 Å². The molecule has 0 saturated carbocycles. The molecule has 3 nitrogen and oxygen atoms in total. The van der Waals surface area contributed by atoms with E-state index in [0.717, 1.165) is 32.6 Å². The molecule has 4 aliphatic rings. The molecule has 3 heterocycles. The molecular formula is C53H51N3. The van der Waals surface area contributed by atoms with Gasteiger partial charge in [0.2, 0.25) is 0 Å².